The van der Waals surface area contributed by atoms with Crippen LogP contribution in [0.4, 0.5) is 0 Å². The van der Waals surface area contributed by atoms with E-state index in [9.17, 15) is 14.4 Å². The summed E-state index contributed by atoms with van der Waals surface area (Å²) in [6.07, 6.45) is 0. The van der Waals surface area contributed by atoms with Gasteiger partial charge >= 0.3 is 0 Å². The molecular weight excluding hydrogens is 518 g/mol. The zero-order valence-corrected chi connectivity index (χ0v) is 23.5. The summed E-state index contributed by atoms with van der Waals surface area (Å²) in [4.78, 5) is 32.7. The monoisotopic (exact) mass is 559 g/mol. The SMILES string of the molecule is CC(=O)SCCOCCOCC(N)(COCCOCCSC(C)=O)COCCOCCSC(C)=O. The van der Waals surface area contributed by atoms with E-state index in [1.807, 2.05) is 0 Å². The average molecular weight is 560 g/mol. The Morgan fingerprint density at radius 3 is 1.03 bits per heavy atom. The number of rotatable bonds is 24. The van der Waals surface area contributed by atoms with Crippen molar-refractivity contribution in [3.63, 3.8) is 0 Å². The molecule has 0 aliphatic heterocycles. The lowest BCUT2D eigenvalue weighted by molar-refractivity contribution is -0.109. The minimum atomic E-state index is -0.862. The summed E-state index contributed by atoms with van der Waals surface area (Å²) in [5.41, 5.74) is 5.60. The number of carbonyl (C=O) groups excluding carboxylic acids is 3. The maximum Gasteiger partial charge on any atom is 0.185 e. The molecule has 2 N–H and O–H groups in total. The van der Waals surface area contributed by atoms with Crippen LogP contribution < -0.4 is 5.73 Å². The molecule has 0 unspecified atom stereocenters. The third-order valence-corrected chi connectivity index (χ3v) is 6.22. The van der Waals surface area contributed by atoms with E-state index >= 15 is 0 Å². The summed E-state index contributed by atoms with van der Waals surface area (Å²) >= 11 is 3.68. The van der Waals surface area contributed by atoms with Crippen molar-refractivity contribution in [3.8, 4) is 0 Å². The second-order valence-electron chi connectivity index (χ2n) is 7.38. The van der Waals surface area contributed by atoms with Gasteiger partial charge in [-0.2, -0.15) is 0 Å². The number of hydrogen-bond acceptors (Lipinski definition) is 13. The Morgan fingerprint density at radius 2 is 0.771 bits per heavy atom. The molecule has 0 aliphatic rings. The number of carbonyl (C=O) groups is 3. The van der Waals surface area contributed by atoms with Gasteiger partial charge in [0, 0.05) is 38.0 Å². The zero-order chi connectivity index (χ0) is 26.2. The number of hydrogen-bond donors (Lipinski definition) is 1. The smallest absolute Gasteiger partial charge is 0.185 e. The van der Waals surface area contributed by atoms with Gasteiger partial charge in [-0.1, -0.05) is 35.3 Å². The van der Waals surface area contributed by atoms with Crippen molar-refractivity contribution < 1.29 is 42.8 Å². The van der Waals surface area contributed by atoms with Gasteiger partial charge in [0.05, 0.1) is 84.8 Å². The average Bonchev–Trinajstić information content (AvgIpc) is 2.78. The Balaban J connectivity index is 4.14. The Bertz CT molecular complexity index is 496. The Labute approximate surface area is 221 Å². The van der Waals surface area contributed by atoms with Gasteiger partial charge in [0.2, 0.25) is 0 Å². The maximum atomic E-state index is 10.9. The third-order valence-electron chi connectivity index (χ3n) is 3.88. The molecule has 0 heterocycles. The van der Waals surface area contributed by atoms with Gasteiger partial charge in [0.15, 0.2) is 15.3 Å². The van der Waals surface area contributed by atoms with E-state index in [-0.39, 0.29) is 35.2 Å². The second-order valence-corrected chi connectivity index (χ2v) is 11.2. The van der Waals surface area contributed by atoms with Crippen LogP contribution in [0.2, 0.25) is 0 Å². The first-order chi connectivity index (χ1) is 16.7. The van der Waals surface area contributed by atoms with Gasteiger partial charge in [-0.15, -0.1) is 0 Å². The molecular formula is C22H41NO9S3. The normalized spacial score (nSPS) is 11.7. The van der Waals surface area contributed by atoms with Crippen LogP contribution >= 0.6 is 35.3 Å². The molecule has 0 saturated carbocycles. The molecule has 0 saturated heterocycles. The van der Waals surface area contributed by atoms with E-state index in [1.54, 1.807) is 0 Å². The minimum absolute atomic E-state index is 0.0680. The van der Waals surface area contributed by atoms with Gasteiger partial charge in [-0.3, -0.25) is 14.4 Å². The highest BCUT2D eigenvalue weighted by molar-refractivity contribution is 8.14. The number of nitrogens with two attached hydrogens (primary N) is 1. The van der Waals surface area contributed by atoms with Gasteiger partial charge < -0.3 is 34.2 Å². The second kappa shape index (κ2) is 24.1. The fourth-order valence-corrected chi connectivity index (χ4v) is 3.81. The van der Waals surface area contributed by atoms with Crippen LogP contribution in [0.3, 0.4) is 0 Å². The summed E-state index contributed by atoms with van der Waals surface area (Å²) in [6, 6.07) is 0. The molecule has 13 heteroatoms. The fraction of sp³-hybridized carbons (Fsp3) is 0.864. The maximum absolute atomic E-state index is 10.9. The minimum Gasteiger partial charge on any atom is -0.378 e. The summed E-state index contributed by atoms with van der Waals surface area (Å²) in [7, 11) is 0. The molecule has 0 aromatic carbocycles. The molecule has 0 rings (SSSR count). The van der Waals surface area contributed by atoms with Gasteiger partial charge in [0.1, 0.15) is 0 Å². The molecule has 0 bridgehead atoms. The molecule has 0 aromatic rings. The van der Waals surface area contributed by atoms with Gasteiger partial charge in [0.25, 0.3) is 0 Å². The van der Waals surface area contributed by atoms with Crippen molar-refractivity contribution in [2.45, 2.75) is 26.3 Å². The molecule has 0 aromatic heterocycles. The predicted octanol–water partition coefficient (Wildman–Crippen LogP) is 1.62. The van der Waals surface area contributed by atoms with Crippen LogP contribution in [0.15, 0.2) is 0 Å². The molecule has 10 nitrogen and oxygen atoms in total. The van der Waals surface area contributed by atoms with Gasteiger partial charge in [-0.05, 0) is 0 Å². The van der Waals surface area contributed by atoms with Crippen LogP contribution in [-0.2, 0) is 42.8 Å². The largest absolute Gasteiger partial charge is 0.378 e. The number of thioether (sulfide) groups is 3. The molecule has 0 aliphatic carbocycles. The molecule has 0 radical (unpaired) electrons. The van der Waals surface area contributed by atoms with E-state index in [2.05, 4.69) is 0 Å². The Hall–Kier alpha value is -0.220. The summed E-state index contributed by atoms with van der Waals surface area (Å²) < 4.78 is 33.3. The molecule has 0 atom stereocenters. The Morgan fingerprint density at radius 1 is 0.514 bits per heavy atom. The van der Waals surface area contributed by atoms with Crippen LogP contribution in [0, 0.1) is 0 Å². The number of ether oxygens (including phenoxy) is 6. The van der Waals surface area contributed by atoms with Crippen LogP contribution in [-0.4, -0.2) is 117 Å². The highest BCUT2D eigenvalue weighted by Gasteiger charge is 2.26. The van der Waals surface area contributed by atoms with Crippen molar-refractivity contribution in [1.82, 2.24) is 0 Å². The highest BCUT2D eigenvalue weighted by Crippen LogP contribution is 2.06. The van der Waals surface area contributed by atoms with E-state index < -0.39 is 5.54 Å². The van der Waals surface area contributed by atoms with Crippen LogP contribution in [0.25, 0.3) is 0 Å². The van der Waals surface area contributed by atoms with Crippen molar-refractivity contribution >= 4 is 50.6 Å². The van der Waals surface area contributed by atoms with Crippen molar-refractivity contribution in [1.29, 1.82) is 0 Å². The molecule has 0 amide bonds. The standard InChI is InChI=1S/C22H41NO9S3/c1-19(24)33-13-10-27-4-7-30-16-22(23,17-31-8-5-28-11-14-34-20(2)25)18-32-9-6-29-12-15-35-21(3)26/h4-18,23H2,1-3H3. The highest BCUT2D eigenvalue weighted by atomic mass is 32.2. The van der Waals surface area contributed by atoms with E-state index in [4.69, 9.17) is 34.2 Å². The van der Waals surface area contributed by atoms with E-state index in [0.29, 0.717) is 76.7 Å². The lowest BCUT2D eigenvalue weighted by Gasteiger charge is -2.29. The summed E-state index contributed by atoms with van der Waals surface area (Å²) in [5.74, 6) is 1.84. The molecule has 35 heavy (non-hydrogen) atoms. The first kappa shape index (κ1) is 34.8. The lowest BCUT2D eigenvalue weighted by Crippen LogP contribution is -2.53. The van der Waals surface area contributed by atoms with Crippen molar-refractivity contribution in [3.05, 3.63) is 0 Å². The fourth-order valence-electron chi connectivity index (χ4n) is 2.34. The first-order valence-electron chi connectivity index (χ1n) is 11.4. The predicted molar refractivity (Wildman–Crippen MR) is 141 cm³/mol. The zero-order valence-electron chi connectivity index (χ0n) is 21.1. The molecule has 0 spiro atoms. The third kappa shape index (κ3) is 26.6. The topological polar surface area (TPSA) is 133 Å². The summed E-state index contributed by atoms with van der Waals surface area (Å²) in [6.45, 7) is 8.91. The lowest BCUT2D eigenvalue weighted by atomic mass is 10.1. The Kier molecular flexibility index (Phi) is 24.0. The van der Waals surface area contributed by atoms with Crippen molar-refractivity contribution in [2.75, 3.05) is 96.5 Å². The van der Waals surface area contributed by atoms with Crippen molar-refractivity contribution in [2.24, 2.45) is 5.73 Å². The van der Waals surface area contributed by atoms with E-state index in [1.165, 1.54) is 56.1 Å². The molecule has 0 fully saturated rings. The first-order valence-corrected chi connectivity index (χ1v) is 14.4. The molecule has 206 valence electrons. The quantitative estimate of drug-likeness (QED) is 0.172. The summed E-state index contributed by atoms with van der Waals surface area (Å²) in [5, 5.41) is 0.204. The van der Waals surface area contributed by atoms with Crippen LogP contribution in [0.1, 0.15) is 20.8 Å². The van der Waals surface area contributed by atoms with E-state index in [0.717, 1.165) is 0 Å². The van der Waals surface area contributed by atoms with Gasteiger partial charge in [-0.25, -0.2) is 0 Å². The van der Waals surface area contributed by atoms with Crippen LogP contribution in [0.5, 0.6) is 0 Å².